The number of hydrogen-bond donors (Lipinski definition) is 1. The molecule has 3 nitrogen and oxygen atoms in total. The second-order valence-electron chi connectivity index (χ2n) is 4.65. The van der Waals surface area contributed by atoms with Gasteiger partial charge in [-0.3, -0.25) is 0 Å². The molecule has 0 radical (unpaired) electrons. The first kappa shape index (κ1) is 8.50. The summed E-state index contributed by atoms with van der Waals surface area (Å²) >= 11 is 0. The molecule has 1 N–H and O–H groups in total. The minimum atomic E-state index is 0.256. The van der Waals surface area contributed by atoms with Crippen molar-refractivity contribution in [2.75, 3.05) is 26.7 Å². The lowest BCUT2D eigenvalue weighted by atomic mass is 9.80. The Balaban J connectivity index is 2.03. The molecule has 1 saturated heterocycles. The van der Waals surface area contributed by atoms with E-state index in [4.69, 9.17) is 4.42 Å². The van der Waals surface area contributed by atoms with Crippen molar-refractivity contribution in [1.29, 1.82) is 0 Å². The van der Waals surface area contributed by atoms with Gasteiger partial charge >= 0.3 is 0 Å². The van der Waals surface area contributed by atoms with Crippen molar-refractivity contribution in [2.45, 2.75) is 18.4 Å². The highest BCUT2D eigenvalue weighted by molar-refractivity contribution is 5.30. The van der Waals surface area contributed by atoms with Crippen LogP contribution < -0.4 is 5.32 Å². The maximum atomic E-state index is 5.68. The fraction of sp³-hybridized carbons (Fsp3) is 0.636. The molecule has 3 rings (SSSR count). The van der Waals surface area contributed by atoms with Gasteiger partial charge in [0.25, 0.3) is 0 Å². The summed E-state index contributed by atoms with van der Waals surface area (Å²) in [6, 6.07) is 2.10. The van der Waals surface area contributed by atoms with E-state index in [9.17, 15) is 0 Å². The lowest BCUT2D eigenvalue weighted by molar-refractivity contribution is 0.288. The third-order valence-electron chi connectivity index (χ3n) is 3.55. The van der Waals surface area contributed by atoms with Crippen LogP contribution in [0.25, 0.3) is 0 Å². The van der Waals surface area contributed by atoms with Gasteiger partial charge in [0.15, 0.2) is 0 Å². The molecule has 3 heterocycles. The molecule has 3 heteroatoms. The number of rotatable bonds is 0. The van der Waals surface area contributed by atoms with Crippen LogP contribution in [0.3, 0.4) is 0 Å². The second-order valence-corrected chi connectivity index (χ2v) is 4.65. The lowest BCUT2D eigenvalue weighted by Gasteiger charge is -2.32. The van der Waals surface area contributed by atoms with Crippen molar-refractivity contribution in [2.24, 2.45) is 0 Å². The molecule has 0 saturated carbocycles. The number of likely N-dealkylation sites (tertiary alicyclic amines) is 1. The van der Waals surface area contributed by atoms with E-state index in [1.807, 2.05) is 6.26 Å². The molecule has 14 heavy (non-hydrogen) atoms. The van der Waals surface area contributed by atoms with Gasteiger partial charge < -0.3 is 14.6 Å². The van der Waals surface area contributed by atoms with Crippen LogP contribution in [-0.4, -0.2) is 31.6 Å². The summed E-state index contributed by atoms with van der Waals surface area (Å²) in [4.78, 5) is 2.39. The molecule has 76 valence electrons. The normalized spacial score (nSPS) is 32.4. The molecule has 1 atom stereocenters. The van der Waals surface area contributed by atoms with Crippen molar-refractivity contribution in [3.8, 4) is 0 Å². The zero-order valence-corrected chi connectivity index (χ0v) is 8.55. The minimum absolute atomic E-state index is 0.256. The van der Waals surface area contributed by atoms with E-state index in [0.29, 0.717) is 0 Å². The molecule has 1 aromatic rings. The van der Waals surface area contributed by atoms with Crippen LogP contribution >= 0.6 is 0 Å². The van der Waals surface area contributed by atoms with Gasteiger partial charge in [0.1, 0.15) is 5.76 Å². The molecule has 2 aliphatic heterocycles. The van der Waals surface area contributed by atoms with Crippen molar-refractivity contribution in [3.05, 3.63) is 23.7 Å². The van der Waals surface area contributed by atoms with Gasteiger partial charge in [-0.1, -0.05) is 0 Å². The van der Waals surface area contributed by atoms with Gasteiger partial charge in [0.2, 0.25) is 0 Å². The Bertz CT molecular complexity index is 347. The molecule has 0 aliphatic carbocycles. The van der Waals surface area contributed by atoms with Gasteiger partial charge in [-0.25, -0.2) is 0 Å². The van der Waals surface area contributed by atoms with E-state index < -0.39 is 0 Å². The molecule has 0 bridgehead atoms. The van der Waals surface area contributed by atoms with E-state index in [0.717, 1.165) is 19.6 Å². The van der Waals surface area contributed by atoms with Gasteiger partial charge in [0, 0.05) is 25.2 Å². The van der Waals surface area contributed by atoms with Crippen LogP contribution in [0, 0.1) is 0 Å². The Labute approximate surface area is 84.1 Å². The Kier molecular flexibility index (Phi) is 1.73. The van der Waals surface area contributed by atoms with Gasteiger partial charge in [-0.15, -0.1) is 0 Å². The maximum absolute atomic E-state index is 5.68. The molecule has 1 fully saturated rings. The predicted octanol–water partition coefficient (Wildman–Crippen LogP) is 0.956. The smallest absolute Gasteiger partial charge is 0.117 e. The van der Waals surface area contributed by atoms with Crippen LogP contribution in [0.15, 0.2) is 16.7 Å². The average Bonchev–Trinajstić information content (AvgIpc) is 2.75. The third-order valence-corrected chi connectivity index (χ3v) is 3.55. The molecule has 1 spiro atoms. The van der Waals surface area contributed by atoms with E-state index in [2.05, 4.69) is 23.3 Å². The molecular formula is C11H16N2O. The fourth-order valence-electron chi connectivity index (χ4n) is 2.87. The van der Waals surface area contributed by atoms with Crippen molar-refractivity contribution in [3.63, 3.8) is 0 Å². The van der Waals surface area contributed by atoms with Crippen LogP contribution in [-0.2, 0) is 12.0 Å². The highest BCUT2D eigenvalue weighted by atomic mass is 16.3. The van der Waals surface area contributed by atoms with Crippen LogP contribution in [0.2, 0.25) is 0 Å². The molecule has 0 aromatic carbocycles. The number of furan rings is 1. The van der Waals surface area contributed by atoms with E-state index in [-0.39, 0.29) is 5.41 Å². The molecule has 0 amide bonds. The average molecular weight is 192 g/mol. The fourth-order valence-corrected chi connectivity index (χ4v) is 2.87. The SMILES string of the molecule is CN1CCC2(CNCc3ccoc32)C1. The number of nitrogens with one attached hydrogen (secondary N) is 1. The van der Waals surface area contributed by atoms with E-state index in [1.54, 1.807) is 0 Å². The summed E-state index contributed by atoms with van der Waals surface area (Å²) in [6.45, 7) is 4.34. The summed E-state index contributed by atoms with van der Waals surface area (Å²) in [6.07, 6.45) is 3.05. The van der Waals surface area contributed by atoms with Crippen LogP contribution in [0.5, 0.6) is 0 Å². The topological polar surface area (TPSA) is 28.4 Å². The quantitative estimate of drug-likeness (QED) is 0.663. The van der Waals surface area contributed by atoms with Crippen molar-refractivity contribution < 1.29 is 4.42 Å². The van der Waals surface area contributed by atoms with Gasteiger partial charge in [0.05, 0.1) is 11.7 Å². The number of fused-ring (bicyclic) bond motifs is 2. The van der Waals surface area contributed by atoms with Gasteiger partial charge in [-0.05, 0) is 26.1 Å². The van der Waals surface area contributed by atoms with Gasteiger partial charge in [-0.2, -0.15) is 0 Å². The van der Waals surface area contributed by atoms with E-state index in [1.165, 1.54) is 24.3 Å². The highest BCUT2D eigenvalue weighted by Gasteiger charge is 2.43. The Morgan fingerprint density at radius 2 is 2.50 bits per heavy atom. The summed E-state index contributed by atoms with van der Waals surface area (Å²) in [5.74, 6) is 1.24. The third kappa shape index (κ3) is 1.06. The maximum Gasteiger partial charge on any atom is 0.117 e. The Hall–Kier alpha value is -0.800. The predicted molar refractivity (Wildman–Crippen MR) is 54.2 cm³/mol. The highest BCUT2D eigenvalue weighted by Crippen LogP contribution is 2.38. The van der Waals surface area contributed by atoms with Crippen molar-refractivity contribution in [1.82, 2.24) is 10.2 Å². The first-order valence-corrected chi connectivity index (χ1v) is 5.26. The monoisotopic (exact) mass is 192 g/mol. The summed E-state index contributed by atoms with van der Waals surface area (Å²) in [7, 11) is 2.19. The lowest BCUT2D eigenvalue weighted by Crippen LogP contribution is -2.44. The zero-order chi connectivity index (χ0) is 9.60. The summed E-state index contributed by atoms with van der Waals surface area (Å²) in [5, 5.41) is 3.49. The second kappa shape index (κ2) is 2.84. The summed E-state index contributed by atoms with van der Waals surface area (Å²) < 4.78 is 5.68. The Morgan fingerprint density at radius 1 is 1.57 bits per heavy atom. The summed E-state index contributed by atoms with van der Waals surface area (Å²) in [5.41, 5.74) is 1.61. The molecule has 1 aromatic heterocycles. The molecule has 1 unspecified atom stereocenters. The molecular weight excluding hydrogens is 176 g/mol. The van der Waals surface area contributed by atoms with E-state index >= 15 is 0 Å². The minimum Gasteiger partial charge on any atom is -0.468 e. The van der Waals surface area contributed by atoms with Crippen LogP contribution in [0.1, 0.15) is 17.7 Å². The number of likely N-dealkylation sites (N-methyl/N-ethyl adjacent to an activating group) is 1. The molecule has 2 aliphatic rings. The van der Waals surface area contributed by atoms with Crippen molar-refractivity contribution >= 4 is 0 Å². The first-order chi connectivity index (χ1) is 6.80. The number of hydrogen-bond acceptors (Lipinski definition) is 3. The van der Waals surface area contributed by atoms with Crippen LogP contribution in [0.4, 0.5) is 0 Å². The number of nitrogens with zero attached hydrogens (tertiary/aromatic N) is 1. The largest absolute Gasteiger partial charge is 0.468 e. The Morgan fingerprint density at radius 3 is 3.29 bits per heavy atom. The standard InChI is InChI=1S/C11H16N2O/c1-13-4-3-11(8-13)7-12-6-9-2-5-14-10(9)11/h2,5,12H,3-4,6-8H2,1H3. The first-order valence-electron chi connectivity index (χ1n) is 5.26. The zero-order valence-electron chi connectivity index (χ0n) is 8.55.